The van der Waals surface area contributed by atoms with Gasteiger partial charge in [-0.2, -0.15) is 0 Å². The maximum Gasteiger partial charge on any atom is 0.335 e. The number of carboxylic acid groups (broad SMARTS) is 1. The van der Waals surface area contributed by atoms with E-state index in [0.717, 1.165) is 6.07 Å². The molecule has 0 fully saturated rings. The van der Waals surface area contributed by atoms with Crippen LogP contribution in [0.25, 0.3) is 11.1 Å². The number of hydrogen-bond donors (Lipinski definition) is 1. The van der Waals surface area contributed by atoms with Gasteiger partial charge in [-0.1, -0.05) is 18.2 Å². The summed E-state index contributed by atoms with van der Waals surface area (Å²) in [5.74, 6) is -3.30. The third kappa shape index (κ3) is 2.40. The van der Waals surface area contributed by atoms with Gasteiger partial charge in [0.2, 0.25) is 0 Å². The number of benzene rings is 2. The molecule has 0 aliphatic carbocycles. The molecule has 19 heavy (non-hydrogen) atoms. The molecule has 0 amide bonds. The van der Waals surface area contributed by atoms with E-state index in [1.54, 1.807) is 18.2 Å². The lowest BCUT2D eigenvalue weighted by molar-refractivity contribution is 0.0696. The molecule has 0 aromatic heterocycles. The highest BCUT2D eigenvalue weighted by Gasteiger charge is 2.17. The van der Waals surface area contributed by atoms with Crippen LogP contribution >= 0.6 is 0 Å². The molecule has 98 valence electrons. The maximum atomic E-state index is 13.8. The minimum Gasteiger partial charge on any atom is -0.496 e. The highest BCUT2D eigenvalue weighted by molar-refractivity contribution is 5.90. The van der Waals surface area contributed by atoms with E-state index in [-0.39, 0.29) is 11.1 Å². The molecule has 0 bridgehead atoms. The van der Waals surface area contributed by atoms with Gasteiger partial charge in [0.1, 0.15) is 5.75 Å². The summed E-state index contributed by atoms with van der Waals surface area (Å²) in [4.78, 5) is 10.9. The van der Waals surface area contributed by atoms with Crippen LogP contribution in [-0.4, -0.2) is 18.2 Å². The third-order valence-corrected chi connectivity index (χ3v) is 2.67. The first-order valence-corrected chi connectivity index (χ1v) is 5.40. The van der Waals surface area contributed by atoms with Gasteiger partial charge in [0.25, 0.3) is 0 Å². The minimum atomic E-state index is -1.32. The summed E-state index contributed by atoms with van der Waals surface area (Å²) >= 11 is 0. The van der Waals surface area contributed by atoms with Gasteiger partial charge < -0.3 is 9.84 Å². The predicted molar refractivity (Wildman–Crippen MR) is 65.3 cm³/mol. The van der Waals surface area contributed by atoms with Crippen LogP contribution < -0.4 is 4.74 Å². The lowest BCUT2D eigenvalue weighted by Crippen LogP contribution is -2.01. The molecular weight excluding hydrogens is 254 g/mol. The van der Waals surface area contributed by atoms with E-state index >= 15 is 0 Å². The molecule has 0 saturated carbocycles. The van der Waals surface area contributed by atoms with E-state index in [4.69, 9.17) is 9.84 Å². The molecule has 0 aliphatic rings. The first-order valence-electron chi connectivity index (χ1n) is 5.40. The van der Waals surface area contributed by atoms with Gasteiger partial charge in [-0.05, 0) is 18.2 Å². The van der Waals surface area contributed by atoms with Crippen molar-refractivity contribution in [2.24, 2.45) is 0 Å². The number of carbonyl (C=O) groups is 1. The zero-order valence-corrected chi connectivity index (χ0v) is 9.98. The number of carboxylic acids is 1. The monoisotopic (exact) mass is 264 g/mol. The largest absolute Gasteiger partial charge is 0.496 e. The second-order valence-corrected chi connectivity index (χ2v) is 3.83. The van der Waals surface area contributed by atoms with Crippen LogP contribution in [0.1, 0.15) is 10.4 Å². The van der Waals surface area contributed by atoms with E-state index in [1.807, 2.05) is 0 Å². The topological polar surface area (TPSA) is 46.5 Å². The number of methoxy groups -OCH3 is 1. The van der Waals surface area contributed by atoms with Crippen LogP contribution in [0.15, 0.2) is 36.4 Å². The summed E-state index contributed by atoms with van der Waals surface area (Å²) in [5, 5.41) is 8.88. The average molecular weight is 264 g/mol. The number of aromatic carboxylic acids is 1. The fraction of sp³-hybridized carbons (Fsp3) is 0.0714. The van der Waals surface area contributed by atoms with Crippen LogP contribution in [0.4, 0.5) is 8.78 Å². The Kier molecular flexibility index (Phi) is 3.46. The Balaban J connectivity index is 2.70. The Labute approximate surface area is 108 Å². The van der Waals surface area contributed by atoms with Gasteiger partial charge >= 0.3 is 5.97 Å². The van der Waals surface area contributed by atoms with E-state index < -0.39 is 17.6 Å². The van der Waals surface area contributed by atoms with Gasteiger partial charge in [-0.15, -0.1) is 0 Å². The molecule has 5 heteroatoms. The summed E-state index contributed by atoms with van der Waals surface area (Å²) in [6.07, 6.45) is 0. The number of rotatable bonds is 3. The van der Waals surface area contributed by atoms with Crippen molar-refractivity contribution in [1.29, 1.82) is 0 Å². The van der Waals surface area contributed by atoms with Crippen LogP contribution in [-0.2, 0) is 0 Å². The van der Waals surface area contributed by atoms with Gasteiger partial charge in [0, 0.05) is 11.1 Å². The molecule has 1 N–H and O–H groups in total. The van der Waals surface area contributed by atoms with Gasteiger partial charge in [0.05, 0.1) is 12.7 Å². The summed E-state index contributed by atoms with van der Waals surface area (Å²) in [5.41, 5.74) is -0.167. The summed E-state index contributed by atoms with van der Waals surface area (Å²) in [6.45, 7) is 0. The number of hydrogen-bond acceptors (Lipinski definition) is 2. The summed E-state index contributed by atoms with van der Waals surface area (Å²) in [6, 6.07) is 8.15. The molecule has 2 rings (SSSR count). The molecule has 0 saturated heterocycles. The Morgan fingerprint density at radius 1 is 1.16 bits per heavy atom. The van der Waals surface area contributed by atoms with E-state index in [1.165, 1.54) is 13.2 Å². The Morgan fingerprint density at radius 2 is 1.84 bits per heavy atom. The average Bonchev–Trinajstić information content (AvgIpc) is 2.41. The molecule has 0 radical (unpaired) electrons. The first kappa shape index (κ1) is 13.0. The van der Waals surface area contributed by atoms with Crippen LogP contribution in [0.5, 0.6) is 5.75 Å². The van der Waals surface area contributed by atoms with Crippen molar-refractivity contribution in [2.75, 3.05) is 7.11 Å². The molecule has 3 nitrogen and oxygen atoms in total. The normalized spacial score (nSPS) is 10.3. The van der Waals surface area contributed by atoms with E-state index in [2.05, 4.69) is 0 Å². The van der Waals surface area contributed by atoms with Gasteiger partial charge in [-0.3, -0.25) is 0 Å². The molecule has 0 spiro atoms. The molecule has 0 atom stereocenters. The number of halogens is 2. The van der Waals surface area contributed by atoms with E-state index in [0.29, 0.717) is 17.4 Å². The second-order valence-electron chi connectivity index (χ2n) is 3.83. The maximum absolute atomic E-state index is 13.8. The quantitative estimate of drug-likeness (QED) is 0.924. The molecule has 2 aromatic rings. The third-order valence-electron chi connectivity index (χ3n) is 2.67. The highest BCUT2D eigenvalue weighted by Crippen LogP contribution is 2.33. The van der Waals surface area contributed by atoms with Crippen LogP contribution in [0.3, 0.4) is 0 Å². The smallest absolute Gasteiger partial charge is 0.335 e. The van der Waals surface area contributed by atoms with Gasteiger partial charge in [0.15, 0.2) is 11.6 Å². The van der Waals surface area contributed by atoms with E-state index in [9.17, 15) is 13.6 Å². The molecule has 2 aromatic carbocycles. The Bertz CT molecular complexity index is 639. The van der Waals surface area contributed by atoms with Crippen molar-refractivity contribution in [3.63, 3.8) is 0 Å². The molecule has 0 unspecified atom stereocenters. The van der Waals surface area contributed by atoms with Crippen molar-refractivity contribution in [2.45, 2.75) is 0 Å². The minimum absolute atomic E-state index is 0.144. The van der Waals surface area contributed by atoms with Crippen molar-refractivity contribution in [3.8, 4) is 16.9 Å². The Hall–Kier alpha value is -2.43. The number of ether oxygens (including phenoxy) is 1. The van der Waals surface area contributed by atoms with Gasteiger partial charge in [-0.25, -0.2) is 13.6 Å². The van der Waals surface area contributed by atoms with Crippen molar-refractivity contribution < 1.29 is 23.4 Å². The fourth-order valence-electron chi connectivity index (χ4n) is 1.78. The fourth-order valence-corrected chi connectivity index (χ4v) is 1.78. The lowest BCUT2D eigenvalue weighted by atomic mass is 10.0. The Morgan fingerprint density at radius 3 is 2.47 bits per heavy atom. The SMILES string of the molecule is COc1ccccc1-c1cc(C(=O)O)cc(F)c1F. The van der Waals surface area contributed by atoms with Crippen molar-refractivity contribution in [1.82, 2.24) is 0 Å². The zero-order valence-electron chi connectivity index (χ0n) is 9.98. The number of para-hydroxylation sites is 1. The second kappa shape index (κ2) is 5.06. The zero-order chi connectivity index (χ0) is 14.0. The summed E-state index contributed by atoms with van der Waals surface area (Å²) in [7, 11) is 1.40. The standard InChI is InChI=1S/C14H10F2O3/c1-19-12-5-3-2-4-9(12)10-6-8(14(17)18)7-11(15)13(10)16/h2-7H,1H3,(H,17,18). The van der Waals surface area contributed by atoms with Crippen molar-refractivity contribution in [3.05, 3.63) is 53.6 Å². The van der Waals surface area contributed by atoms with Crippen LogP contribution in [0.2, 0.25) is 0 Å². The lowest BCUT2D eigenvalue weighted by Gasteiger charge is -2.10. The first-order chi connectivity index (χ1) is 9.04. The van der Waals surface area contributed by atoms with Crippen LogP contribution in [0, 0.1) is 11.6 Å². The summed E-state index contributed by atoms with van der Waals surface area (Å²) < 4.78 is 32.3. The molecular formula is C14H10F2O3. The predicted octanol–water partition coefficient (Wildman–Crippen LogP) is 3.34. The highest BCUT2D eigenvalue weighted by atomic mass is 19.2. The molecule has 0 aliphatic heterocycles. The van der Waals surface area contributed by atoms with Crippen molar-refractivity contribution >= 4 is 5.97 Å². The molecule has 0 heterocycles.